The molecule has 0 saturated heterocycles. The van der Waals surface area contributed by atoms with Crippen molar-refractivity contribution in [3.8, 4) is 5.75 Å². The summed E-state index contributed by atoms with van der Waals surface area (Å²) in [6.07, 6.45) is 0.749. The highest BCUT2D eigenvalue weighted by Crippen LogP contribution is 2.25. The third kappa shape index (κ3) is 3.70. The van der Waals surface area contributed by atoms with E-state index in [0.29, 0.717) is 13.1 Å². The number of hydrogen-bond acceptors (Lipinski definition) is 3. The highest BCUT2D eigenvalue weighted by atomic mass is 16.3. The van der Waals surface area contributed by atoms with Gasteiger partial charge in [-0.05, 0) is 38.0 Å². The topological polar surface area (TPSA) is 66.6 Å². The van der Waals surface area contributed by atoms with E-state index in [1.165, 1.54) is 0 Å². The number of benzene rings is 1. The summed E-state index contributed by atoms with van der Waals surface area (Å²) >= 11 is 0. The molecule has 19 heavy (non-hydrogen) atoms. The lowest BCUT2D eigenvalue weighted by Gasteiger charge is -2.31. The van der Waals surface area contributed by atoms with Crippen LogP contribution in [0.5, 0.6) is 5.75 Å². The Balaban J connectivity index is 2.93. The second-order valence-corrected chi connectivity index (χ2v) is 4.74. The fraction of sp³-hybridized carbons (Fsp3) is 0.533. The van der Waals surface area contributed by atoms with Crippen molar-refractivity contribution in [1.29, 1.82) is 0 Å². The van der Waals surface area contributed by atoms with Crippen LogP contribution in [0.4, 0.5) is 0 Å². The highest BCUT2D eigenvalue weighted by molar-refractivity contribution is 5.79. The molecule has 0 fully saturated rings. The summed E-state index contributed by atoms with van der Waals surface area (Å²) in [5.74, 6) is 0.182. The van der Waals surface area contributed by atoms with E-state index >= 15 is 0 Å². The van der Waals surface area contributed by atoms with Gasteiger partial charge in [0.05, 0.1) is 12.0 Å². The van der Waals surface area contributed by atoms with E-state index in [1.54, 1.807) is 18.2 Å². The number of carbonyl (C=O) groups is 1. The Hall–Kier alpha value is -1.55. The molecule has 0 bridgehead atoms. The van der Waals surface area contributed by atoms with Gasteiger partial charge in [0.2, 0.25) is 5.91 Å². The van der Waals surface area contributed by atoms with Crippen LogP contribution in [-0.2, 0) is 4.79 Å². The third-order valence-corrected chi connectivity index (χ3v) is 3.57. The lowest BCUT2D eigenvalue weighted by Crippen LogP contribution is -2.40. The Kier molecular flexibility index (Phi) is 5.83. The number of nitrogens with zero attached hydrogens (tertiary/aromatic N) is 1. The molecule has 1 aromatic carbocycles. The first kappa shape index (κ1) is 15.5. The van der Waals surface area contributed by atoms with E-state index in [9.17, 15) is 9.90 Å². The number of phenolic OH excluding ortho intramolecular Hbond substituents is 1. The maximum Gasteiger partial charge on any atom is 0.227 e. The molecule has 0 saturated carbocycles. The molecular weight excluding hydrogens is 240 g/mol. The summed E-state index contributed by atoms with van der Waals surface area (Å²) in [5, 5.41) is 9.53. The summed E-state index contributed by atoms with van der Waals surface area (Å²) in [7, 11) is 0. The Labute approximate surface area is 115 Å². The normalized spacial score (nSPS) is 13.9. The summed E-state index contributed by atoms with van der Waals surface area (Å²) in [6.45, 7) is 6.91. The van der Waals surface area contributed by atoms with Gasteiger partial charge in [-0.25, -0.2) is 0 Å². The standard InChI is InChI=1S/C15H24N2O2/c1-4-12(10-16)15(19)17(5-2)11(3)13-7-6-8-14(18)9-13/h6-9,11-12,18H,4-5,10,16H2,1-3H3. The monoisotopic (exact) mass is 264 g/mol. The molecule has 2 unspecified atom stereocenters. The van der Waals surface area contributed by atoms with Crippen LogP contribution in [0.1, 0.15) is 38.8 Å². The van der Waals surface area contributed by atoms with Gasteiger partial charge < -0.3 is 15.7 Å². The van der Waals surface area contributed by atoms with Crippen LogP contribution in [0.25, 0.3) is 0 Å². The smallest absolute Gasteiger partial charge is 0.227 e. The van der Waals surface area contributed by atoms with Crippen molar-refractivity contribution in [2.45, 2.75) is 33.2 Å². The zero-order chi connectivity index (χ0) is 14.4. The first-order valence-electron chi connectivity index (χ1n) is 6.84. The number of aromatic hydroxyl groups is 1. The third-order valence-electron chi connectivity index (χ3n) is 3.57. The van der Waals surface area contributed by atoms with Gasteiger partial charge in [-0.3, -0.25) is 4.79 Å². The molecule has 3 N–H and O–H groups in total. The molecule has 0 radical (unpaired) electrons. The average molecular weight is 264 g/mol. The Morgan fingerprint density at radius 2 is 2.11 bits per heavy atom. The minimum absolute atomic E-state index is 0.0646. The molecule has 0 aliphatic rings. The van der Waals surface area contributed by atoms with Gasteiger partial charge in [-0.2, -0.15) is 0 Å². The van der Waals surface area contributed by atoms with Crippen LogP contribution in [0.3, 0.4) is 0 Å². The van der Waals surface area contributed by atoms with Crippen molar-refractivity contribution in [3.05, 3.63) is 29.8 Å². The second-order valence-electron chi connectivity index (χ2n) is 4.74. The molecule has 2 atom stereocenters. The molecule has 106 valence electrons. The number of hydrogen-bond donors (Lipinski definition) is 2. The van der Waals surface area contributed by atoms with Crippen LogP contribution in [0.2, 0.25) is 0 Å². The Morgan fingerprint density at radius 3 is 2.58 bits per heavy atom. The van der Waals surface area contributed by atoms with Gasteiger partial charge in [0.15, 0.2) is 0 Å². The van der Waals surface area contributed by atoms with Crippen molar-refractivity contribution in [3.63, 3.8) is 0 Å². The van der Waals surface area contributed by atoms with Crippen LogP contribution < -0.4 is 5.73 Å². The van der Waals surface area contributed by atoms with Gasteiger partial charge in [0.25, 0.3) is 0 Å². The number of rotatable bonds is 6. The van der Waals surface area contributed by atoms with E-state index in [0.717, 1.165) is 12.0 Å². The van der Waals surface area contributed by atoms with Crippen molar-refractivity contribution in [2.24, 2.45) is 11.7 Å². The minimum atomic E-state index is -0.125. The molecule has 4 heteroatoms. The quantitative estimate of drug-likeness (QED) is 0.828. The van der Waals surface area contributed by atoms with E-state index in [2.05, 4.69) is 0 Å². The van der Waals surface area contributed by atoms with Crippen LogP contribution in [0, 0.1) is 5.92 Å². The molecule has 0 aliphatic carbocycles. The first-order chi connectivity index (χ1) is 9.04. The van der Waals surface area contributed by atoms with Crippen molar-refractivity contribution in [2.75, 3.05) is 13.1 Å². The van der Waals surface area contributed by atoms with Gasteiger partial charge >= 0.3 is 0 Å². The molecule has 4 nitrogen and oxygen atoms in total. The Morgan fingerprint density at radius 1 is 1.42 bits per heavy atom. The zero-order valence-electron chi connectivity index (χ0n) is 12.0. The van der Waals surface area contributed by atoms with Crippen LogP contribution >= 0.6 is 0 Å². The van der Waals surface area contributed by atoms with Gasteiger partial charge in [-0.15, -0.1) is 0 Å². The molecular formula is C15H24N2O2. The lowest BCUT2D eigenvalue weighted by molar-refractivity contribution is -0.137. The van der Waals surface area contributed by atoms with Crippen LogP contribution in [-0.4, -0.2) is 29.0 Å². The zero-order valence-corrected chi connectivity index (χ0v) is 12.0. The summed E-state index contributed by atoms with van der Waals surface area (Å²) in [4.78, 5) is 14.2. The first-order valence-corrected chi connectivity index (χ1v) is 6.84. The predicted octanol–water partition coefficient (Wildman–Crippen LogP) is 2.29. The summed E-state index contributed by atoms with van der Waals surface area (Å²) in [5.41, 5.74) is 6.58. The SMILES string of the molecule is CCC(CN)C(=O)N(CC)C(C)c1cccc(O)c1. The fourth-order valence-corrected chi connectivity index (χ4v) is 2.26. The van der Waals surface area contributed by atoms with E-state index in [4.69, 9.17) is 5.73 Å². The van der Waals surface area contributed by atoms with Crippen molar-refractivity contribution in [1.82, 2.24) is 4.90 Å². The van der Waals surface area contributed by atoms with E-state index < -0.39 is 0 Å². The van der Waals surface area contributed by atoms with E-state index in [1.807, 2.05) is 31.7 Å². The van der Waals surface area contributed by atoms with Crippen molar-refractivity contribution >= 4 is 5.91 Å². The average Bonchev–Trinajstić information content (AvgIpc) is 2.41. The summed E-state index contributed by atoms with van der Waals surface area (Å²) in [6, 6.07) is 6.97. The molecule has 0 spiro atoms. The predicted molar refractivity (Wildman–Crippen MR) is 76.7 cm³/mol. The van der Waals surface area contributed by atoms with Gasteiger partial charge in [0.1, 0.15) is 5.75 Å². The number of phenols is 1. The number of amides is 1. The van der Waals surface area contributed by atoms with E-state index in [-0.39, 0.29) is 23.6 Å². The number of nitrogens with two attached hydrogens (primary N) is 1. The molecule has 0 aromatic heterocycles. The van der Waals surface area contributed by atoms with Gasteiger partial charge in [-0.1, -0.05) is 19.1 Å². The fourth-order valence-electron chi connectivity index (χ4n) is 2.26. The molecule has 1 rings (SSSR count). The van der Waals surface area contributed by atoms with Gasteiger partial charge in [0, 0.05) is 13.1 Å². The largest absolute Gasteiger partial charge is 0.508 e. The maximum atomic E-state index is 12.4. The molecule has 0 aliphatic heterocycles. The molecule has 1 amide bonds. The lowest BCUT2D eigenvalue weighted by atomic mass is 10.0. The minimum Gasteiger partial charge on any atom is -0.508 e. The molecule has 0 heterocycles. The molecule has 1 aromatic rings. The Bertz CT molecular complexity index is 416. The van der Waals surface area contributed by atoms with Crippen LogP contribution in [0.15, 0.2) is 24.3 Å². The summed E-state index contributed by atoms with van der Waals surface area (Å²) < 4.78 is 0. The maximum absolute atomic E-state index is 12.4. The highest BCUT2D eigenvalue weighted by Gasteiger charge is 2.25. The second kappa shape index (κ2) is 7.14. The number of carbonyl (C=O) groups excluding carboxylic acids is 1. The van der Waals surface area contributed by atoms with Crippen molar-refractivity contribution < 1.29 is 9.90 Å².